The summed E-state index contributed by atoms with van der Waals surface area (Å²) in [5.74, 6) is -0.444. The zero-order chi connectivity index (χ0) is 21.7. The molecular weight excluding hydrogens is 374 g/mol. The highest BCUT2D eigenvalue weighted by Crippen LogP contribution is 2.23. The Balaban J connectivity index is 1.59. The van der Waals surface area contributed by atoms with Crippen molar-refractivity contribution in [1.82, 2.24) is 4.90 Å². The molecule has 1 aliphatic heterocycles. The van der Waals surface area contributed by atoms with Crippen LogP contribution >= 0.6 is 0 Å². The van der Waals surface area contributed by atoms with Gasteiger partial charge in [0.2, 0.25) is 11.8 Å². The summed E-state index contributed by atoms with van der Waals surface area (Å²) in [4.78, 5) is 26.0. The largest absolute Gasteiger partial charge is 0.368 e. The Bertz CT molecular complexity index is 926. The minimum absolute atomic E-state index is 0.108. The highest BCUT2D eigenvalue weighted by Gasteiger charge is 2.28. The molecule has 2 amide bonds. The van der Waals surface area contributed by atoms with Crippen molar-refractivity contribution in [2.24, 2.45) is 5.73 Å². The number of nitrogens with one attached hydrogen (secondary N) is 1. The topological polar surface area (TPSA) is 75.4 Å². The lowest BCUT2D eigenvalue weighted by molar-refractivity contribution is -0.122. The highest BCUT2D eigenvalue weighted by molar-refractivity contribution is 6.01. The van der Waals surface area contributed by atoms with Crippen LogP contribution in [0, 0.1) is 0 Å². The van der Waals surface area contributed by atoms with Gasteiger partial charge in [-0.15, -0.1) is 0 Å². The van der Waals surface area contributed by atoms with E-state index in [2.05, 4.69) is 43.1 Å². The predicted octanol–water partition coefficient (Wildman–Crippen LogP) is 4.09. The third-order valence-corrected chi connectivity index (χ3v) is 5.48. The van der Waals surface area contributed by atoms with E-state index in [9.17, 15) is 9.59 Å². The first-order chi connectivity index (χ1) is 14.2. The summed E-state index contributed by atoms with van der Waals surface area (Å²) >= 11 is 0. The van der Waals surface area contributed by atoms with Gasteiger partial charge in [-0.2, -0.15) is 0 Å². The lowest BCUT2D eigenvalue weighted by atomic mass is 9.87. The number of carbonyl (C=O) groups is 2. The Hall–Kier alpha value is -2.92. The number of benzene rings is 2. The fraction of sp³-hybridized carbons (Fsp3) is 0.360. The maximum Gasteiger partial charge on any atom is 0.248 e. The minimum atomic E-state index is -0.266. The molecule has 0 radical (unpaired) electrons. The number of nitrogens with two attached hydrogens (primary N) is 1. The number of carbonyl (C=O) groups excluding carboxylic acids is 2. The van der Waals surface area contributed by atoms with Crippen LogP contribution in [-0.4, -0.2) is 29.3 Å². The molecule has 1 fully saturated rings. The van der Waals surface area contributed by atoms with Gasteiger partial charge in [0, 0.05) is 18.3 Å². The Labute approximate surface area is 179 Å². The number of likely N-dealkylation sites (tertiary alicyclic amines) is 1. The summed E-state index contributed by atoms with van der Waals surface area (Å²) in [6.07, 6.45) is 5.15. The molecule has 5 nitrogen and oxygen atoms in total. The number of hydrogen-bond donors (Lipinski definition) is 2. The summed E-state index contributed by atoms with van der Waals surface area (Å²) < 4.78 is 0. The Morgan fingerprint density at radius 1 is 1.17 bits per heavy atom. The number of primary amides is 1. The molecule has 158 valence electrons. The van der Waals surface area contributed by atoms with Gasteiger partial charge in [0.15, 0.2) is 0 Å². The van der Waals surface area contributed by atoms with E-state index in [-0.39, 0.29) is 23.3 Å². The van der Waals surface area contributed by atoms with Crippen molar-refractivity contribution in [2.75, 3.05) is 11.9 Å². The van der Waals surface area contributed by atoms with Gasteiger partial charge in [-0.1, -0.05) is 57.2 Å². The van der Waals surface area contributed by atoms with Crippen LogP contribution in [0.3, 0.4) is 0 Å². The zero-order valence-electron chi connectivity index (χ0n) is 18.0. The van der Waals surface area contributed by atoms with Gasteiger partial charge in [-0.3, -0.25) is 14.5 Å². The maximum atomic E-state index is 12.3. The van der Waals surface area contributed by atoms with Gasteiger partial charge in [0.1, 0.15) is 0 Å². The van der Waals surface area contributed by atoms with E-state index in [0.717, 1.165) is 36.2 Å². The SMILES string of the molecule is CC(C)(C)c1ccc(/C=C/C(=O)Nc2cccc(CN3CCCC3C(N)=O)c2)cc1. The van der Waals surface area contributed by atoms with Crippen molar-refractivity contribution in [3.63, 3.8) is 0 Å². The fourth-order valence-electron chi connectivity index (χ4n) is 3.77. The molecule has 0 spiro atoms. The van der Waals surface area contributed by atoms with E-state index in [4.69, 9.17) is 5.73 Å². The molecule has 3 N–H and O–H groups in total. The van der Waals surface area contributed by atoms with E-state index in [1.165, 1.54) is 5.56 Å². The van der Waals surface area contributed by atoms with Crippen molar-refractivity contribution >= 4 is 23.6 Å². The molecule has 5 heteroatoms. The van der Waals surface area contributed by atoms with E-state index in [1.807, 2.05) is 42.5 Å². The standard InChI is InChI=1S/C25H31N3O2/c1-25(2,3)20-12-9-18(10-13-20)11-14-23(29)27-21-7-4-6-19(16-21)17-28-15-5-8-22(28)24(26)30/h4,6-7,9-14,16,22H,5,8,15,17H2,1-3H3,(H2,26,30)(H,27,29)/b14-11+. The van der Waals surface area contributed by atoms with Crippen molar-refractivity contribution in [3.05, 3.63) is 71.3 Å². The molecule has 30 heavy (non-hydrogen) atoms. The van der Waals surface area contributed by atoms with Crippen LogP contribution in [0.15, 0.2) is 54.6 Å². The molecule has 1 aliphatic rings. The second-order valence-corrected chi connectivity index (χ2v) is 8.93. The minimum Gasteiger partial charge on any atom is -0.368 e. The second-order valence-electron chi connectivity index (χ2n) is 8.93. The van der Waals surface area contributed by atoms with Gasteiger partial charge >= 0.3 is 0 Å². The number of hydrogen-bond acceptors (Lipinski definition) is 3. The summed E-state index contributed by atoms with van der Waals surface area (Å²) in [7, 11) is 0. The fourth-order valence-corrected chi connectivity index (χ4v) is 3.77. The van der Waals surface area contributed by atoms with Crippen LogP contribution in [0.5, 0.6) is 0 Å². The first-order valence-corrected chi connectivity index (χ1v) is 10.4. The normalized spacial score (nSPS) is 17.4. The van der Waals surface area contributed by atoms with E-state index < -0.39 is 0 Å². The number of nitrogens with zero attached hydrogens (tertiary/aromatic N) is 1. The van der Waals surface area contributed by atoms with E-state index in [0.29, 0.717) is 6.54 Å². The molecule has 1 unspecified atom stereocenters. The van der Waals surface area contributed by atoms with Gasteiger partial charge in [0.25, 0.3) is 0 Å². The van der Waals surface area contributed by atoms with Crippen LogP contribution in [0.1, 0.15) is 50.3 Å². The van der Waals surface area contributed by atoms with Crippen LogP contribution in [0.4, 0.5) is 5.69 Å². The van der Waals surface area contributed by atoms with Crippen molar-refractivity contribution in [3.8, 4) is 0 Å². The first kappa shape index (κ1) is 21.8. The Morgan fingerprint density at radius 3 is 2.57 bits per heavy atom. The quantitative estimate of drug-likeness (QED) is 0.711. The first-order valence-electron chi connectivity index (χ1n) is 10.4. The third kappa shape index (κ3) is 5.80. The van der Waals surface area contributed by atoms with Crippen LogP contribution in [0.2, 0.25) is 0 Å². The lowest BCUT2D eigenvalue weighted by Crippen LogP contribution is -2.39. The van der Waals surface area contributed by atoms with Crippen molar-refractivity contribution in [1.29, 1.82) is 0 Å². The number of rotatable bonds is 6. The number of amides is 2. The zero-order valence-corrected chi connectivity index (χ0v) is 18.0. The van der Waals surface area contributed by atoms with E-state index >= 15 is 0 Å². The Kier molecular flexibility index (Phi) is 6.73. The molecule has 2 aromatic rings. The van der Waals surface area contributed by atoms with Crippen molar-refractivity contribution < 1.29 is 9.59 Å². The lowest BCUT2D eigenvalue weighted by Gasteiger charge is -2.22. The Morgan fingerprint density at radius 2 is 1.90 bits per heavy atom. The van der Waals surface area contributed by atoms with Gasteiger partial charge in [0.05, 0.1) is 6.04 Å². The van der Waals surface area contributed by atoms with Crippen LogP contribution in [0.25, 0.3) is 6.08 Å². The van der Waals surface area contributed by atoms with Gasteiger partial charge < -0.3 is 11.1 Å². The molecule has 2 aromatic carbocycles. The van der Waals surface area contributed by atoms with Crippen LogP contribution < -0.4 is 11.1 Å². The molecule has 0 bridgehead atoms. The third-order valence-electron chi connectivity index (χ3n) is 5.48. The van der Waals surface area contributed by atoms with Gasteiger partial charge in [-0.05, 0) is 59.7 Å². The molecule has 0 saturated carbocycles. The second kappa shape index (κ2) is 9.26. The smallest absolute Gasteiger partial charge is 0.248 e. The van der Waals surface area contributed by atoms with Gasteiger partial charge in [-0.25, -0.2) is 0 Å². The molecule has 3 rings (SSSR count). The monoisotopic (exact) mass is 405 g/mol. The average molecular weight is 406 g/mol. The van der Waals surface area contributed by atoms with E-state index in [1.54, 1.807) is 6.08 Å². The maximum absolute atomic E-state index is 12.3. The predicted molar refractivity (Wildman–Crippen MR) is 122 cm³/mol. The van der Waals surface area contributed by atoms with Crippen molar-refractivity contribution in [2.45, 2.75) is 51.6 Å². The summed E-state index contributed by atoms with van der Waals surface area (Å²) in [5.41, 5.74) is 9.64. The summed E-state index contributed by atoms with van der Waals surface area (Å²) in [6.45, 7) is 8.04. The molecule has 0 aliphatic carbocycles. The molecule has 1 heterocycles. The average Bonchev–Trinajstić information content (AvgIpc) is 3.15. The number of anilines is 1. The van der Waals surface area contributed by atoms with Crippen LogP contribution in [-0.2, 0) is 21.5 Å². The highest BCUT2D eigenvalue weighted by atomic mass is 16.2. The summed E-state index contributed by atoms with van der Waals surface area (Å²) in [6, 6.07) is 15.8. The molecule has 0 aromatic heterocycles. The summed E-state index contributed by atoms with van der Waals surface area (Å²) in [5, 5.41) is 2.91. The molecular formula is C25H31N3O2. The molecule has 1 saturated heterocycles. The molecule has 1 atom stereocenters.